The number of fused-ring (bicyclic) bond motifs is 1. The van der Waals surface area contributed by atoms with E-state index in [4.69, 9.17) is 16.3 Å². The van der Waals surface area contributed by atoms with E-state index in [1.165, 1.54) is 11.3 Å². The SMILES string of the molecule is Cn1cnc(COc2nn3c(-c4ccccc4)nnc3cc2-c2ccc(Cl)s2)n1. The normalized spacial score (nSPS) is 11.2. The van der Waals surface area contributed by atoms with Gasteiger partial charge in [-0.25, -0.2) is 4.98 Å². The first kappa shape index (κ1) is 17.8. The summed E-state index contributed by atoms with van der Waals surface area (Å²) >= 11 is 7.59. The number of aromatic nitrogens is 7. The summed E-state index contributed by atoms with van der Waals surface area (Å²) < 4.78 is 9.99. The zero-order chi connectivity index (χ0) is 19.8. The predicted octanol–water partition coefficient (Wildman–Crippen LogP) is 3.88. The van der Waals surface area contributed by atoms with E-state index in [1.54, 1.807) is 15.5 Å². The number of hydrogen-bond acceptors (Lipinski definition) is 7. The molecule has 5 rings (SSSR count). The van der Waals surface area contributed by atoms with E-state index in [-0.39, 0.29) is 6.61 Å². The maximum atomic E-state index is 6.14. The molecular formula is C19H14ClN7OS. The molecule has 0 bridgehead atoms. The van der Waals surface area contributed by atoms with Crippen molar-refractivity contribution >= 4 is 28.6 Å². The Morgan fingerprint density at radius 3 is 2.66 bits per heavy atom. The molecule has 0 aliphatic heterocycles. The van der Waals surface area contributed by atoms with E-state index >= 15 is 0 Å². The van der Waals surface area contributed by atoms with E-state index in [2.05, 4.69) is 25.4 Å². The molecule has 0 radical (unpaired) electrons. The number of rotatable bonds is 5. The second kappa shape index (κ2) is 7.26. The minimum absolute atomic E-state index is 0.189. The van der Waals surface area contributed by atoms with Gasteiger partial charge in [-0.2, -0.15) is 9.61 Å². The van der Waals surface area contributed by atoms with Crippen LogP contribution in [0.1, 0.15) is 5.82 Å². The minimum atomic E-state index is 0.189. The molecule has 0 amide bonds. The summed E-state index contributed by atoms with van der Waals surface area (Å²) in [7, 11) is 1.81. The molecule has 1 aromatic carbocycles. The van der Waals surface area contributed by atoms with Gasteiger partial charge >= 0.3 is 0 Å². The molecule has 0 saturated heterocycles. The van der Waals surface area contributed by atoms with Gasteiger partial charge < -0.3 is 4.74 Å². The highest BCUT2D eigenvalue weighted by molar-refractivity contribution is 7.19. The lowest BCUT2D eigenvalue weighted by atomic mass is 10.2. The molecule has 0 aliphatic carbocycles. The van der Waals surface area contributed by atoms with Gasteiger partial charge in [0.1, 0.15) is 6.33 Å². The fraction of sp³-hybridized carbons (Fsp3) is 0.105. The van der Waals surface area contributed by atoms with Crippen LogP contribution < -0.4 is 4.74 Å². The minimum Gasteiger partial charge on any atom is -0.468 e. The van der Waals surface area contributed by atoms with Gasteiger partial charge in [0.05, 0.1) is 9.90 Å². The summed E-state index contributed by atoms with van der Waals surface area (Å²) in [5.74, 6) is 1.63. The van der Waals surface area contributed by atoms with E-state index in [9.17, 15) is 0 Å². The Morgan fingerprint density at radius 1 is 1.07 bits per heavy atom. The maximum Gasteiger partial charge on any atom is 0.241 e. The number of aryl methyl sites for hydroxylation is 1. The van der Waals surface area contributed by atoms with E-state index in [0.717, 1.165) is 16.0 Å². The fourth-order valence-electron chi connectivity index (χ4n) is 2.91. The van der Waals surface area contributed by atoms with Crippen molar-refractivity contribution in [2.24, 2.45) is 7.05 Å². The number of hydrogen-bond donors (Lipinski definition) is 0. The highest BCUT2D eigenvalue weighted by atomic mass is 35.5. The lowest BCUT2D eigenvalue weighted by Gasteiger charge is -2.09. The maximum absolute atomic E-state index is 6.14. The van der Waals surface area contributed by atoms with Gasteiger partial charge in [0, 0.05) is 17.5 Å². The summed E-state index contributed by atoms with van der Waals surface area (Å²) in [4.78, 5) is 5.13. The molecule has 10 heteroatoms. The molecule has 4 aromatic heterocycles. The zero-order valence-electron chi connectivity index (χ0n) is 15.2. The van der Waals surface area contributed by atoms with Crippen LogP contribution in [0.3, 0.4) is 0 Å². The summed E-state index contributed by atoms with van der Waals surface area (Å²) in [6.07, 6.45) is 1.63. The van der Waals surface area contributed by atoms with Crippen LogP contribution in [0, 0.1) is 0 Å². The van der Waals surface area contributed by atoms with Crippen LogP contribution in [0.25, 0.3) is 27.5 Å². The Kier molecular flexibility index (Phi) is 4.45. The first-order valence-electron chi connectivity index (χ1n) is 8.72. The molecular weight excluding hydrogens is 410 g/mol. The molecule has 144 valence electrons. The molecule has 0 aliphatic rings. The molecule has 0 saturated carbocycles. The van der Waals surface area contributed by atoms with E-state index in [1.807, 2.05) is 55.6 Å². The van der Waals surface area contributed by atoms with Crippen molar-refractivity contribution < 1.29 is 4.74 Å². The fourth-order valence-corrected chi connectivity index (χ4v) is 3.96. The standard InChI is InChI=1S/C19H14ClN7OS/c1-26-11-21-16(24-26)10-28-19-13(14-7-8-15(20)29-14)9-17-22-23-18(27(17)25-19)12-5-3-2-4-6-12/h2-9,11H,10H2,1H3. The number of halogens is 1. The van der Waals surface area contributed by atoms with Crippen LogP contribution in [-0.2, 0) is 13.7 Å². The predicted molar refractivity (Wildman–Crippen MR) is 110 cm³/mol. The van der Waals surface area contributed by atoms with E-state index in [0.29, 0.717) is 27.5 Å². The first-order valence-corrected chi connectivity index (χ1v) is 9.92. The quantitative estimate of drug-likeness (QED) is 0.426. The van der Waals surface area contributed by atoms with E-state index < -0.39 is 0 Å². The van der Waals surface area contributed by atoms with Gasteiger partial charge in [-0.05, 0) is 18.2 Å². The molecule has 29 heavy (non-hydrogen) atoms. The molecule has 4 heterocycles. The summed E-state index contributed by atoms with van der Waals surface area (Å²) in [5, 5.41) is 17.5. The third kappa shape index (κ3) is 3.45. The van der Waals surface area contributed by atoms with Crippen LogP contribution in [0.2, 0.25) is 4.34 Å². The van der Waals surface area contributed by atoms with Crippen molar-refractivity contribution in [3.63, 3.8) is 0 Å². The van der Waals surface area contributed by atoms with Gasteiger partial charge in [0.2, 0.25) is 5.88 Å². The van der Waals surface area contributed by atoms with Crippen LogP contribution >= 0.6 is 22.9 Å². The second-order valence-electron chi connectivity index (χ2n) is 6.25. The van der Waals surface area contributed by atoms with Crippen molar-refractivity contribution in [1.82, 2.24) is 34.6 Å². The van der Waals surface area contributed by atoms with Crippen LogP contribution in [0.15, 0.2) is 54.9 Å². The number of thiophene rings is 1. The molecule has 0 spiro atoms. The lowest BCUT2D eigenvalue weighted by molar-refractivity contribution is 0.281. The van der Waals surface area contributed by atoms with Crippen molar-refractivity contribution in [3.8, 4) is 27.7 Å². The highest BCUT2D eigenvalue weighted by Gasteiger charge is 2.18. The van der Waals surface area contributed by atoms with Crippen molar-refractivity contribution in [1.29, 1.82) is 0 Å². The van der Waals surface area contributed by atoms with Crippen molar-refractivity contribution in [3.05, 3.63) is 65.0 Å². The van der Waals surface area contributed by atoms with Gasteiger partial charge in [-0.1, -0.05) is 41.9 Å². The number of ether oxygens (including phenoxy) is 1. The van der Waals surface area contributed by atoms with Gasteiger partial charge in [0.15, 0.2) is 23.9 Å². The van der Waals surface area contributed by atoms with Gasteiger partial charge in [-0.15, -0.1) is 26.6 Å². The monoisotopic (exact) mass is 423 g/mol. The largest absolute Gasteiger partial charge is 0.468 e. The third-order valence-electron chi connectivity index (χ3n) is 4.22. The lowest BCUT2D eigenvalue weighted by Crippen LogP contribution is -2.05. The Bertz CT molecular complexity index is 1290. The van der Waals surface area contributed by atoms with Gasteiger partial charge in [0.25, 0.3) is 0 Å². The topological polar surface area (TPSA) is 83.0 Å². The summed E-state index contributed by atoms with van der Waals surface area (Å²) in [6, 6.07) is 15.4. The average Bonchev–Trinajstić information content (AvgIpc) is 3.46. The van der Waals surface area contributed by atoms with Gasteiger partial charge in [-0.3, -0.25) is 4.68 Å². The number of nitrogens with zero attached hydrogens (tertiary/aromatic N) is 7. The third-order valence-corrected chi connectivity index (χ3v) is 5.48. The molecule has 8 nitrogen and oxygen atoms in total. The average molecular weight is 424 g/mol. The Morgan fingerprint density at radius 2 is 1.93 bits per heavy atom. The van der Waals surface area contributed by atoms with Crippen LogP contribution in [-0.4, -0.2) is 34.6 Å². The summed E-state index contributed by atoms with van der Waals surface area (Å²) in [5.41, 5.74) is 2.32. The van der Waals surface area contributed by atoms with Crippen LogP contribution in [0.5, 0.6) is 5.88 Å². The van der Waals surface area contributed by atoms with Crippen molar-refractivity contribution in [2.45, 2.75) is 6.61 Å². The zero-order valence-corrected chi connectivity index (χ0v) is 16.8. The molecule has 0 unspecified atom stereocenters. The second-order valence-corrected chi connectivity index (χ2v) is 7.96. The molecule has 5 aromatic rings. The molecule has 0 fully saturated rings. The Hall–Kier alpha value is -3.30. The highest BCUT2D eigenvalue weighted by Crippen LogP contribution is 2.37. The Labute approximate surface area is 174 Å². The molecule has 0 atom stereocenters. The molecule has 0 N–H and O–H groups in total. The number of benzene rings is 1. The smallest absolute Gasteiger partial charge is 0.241 e. The van der Waals surface area contributed by atoms with Crippen molar-refractivity contribution in [2.75, 3.05) is 0 Å². The first-order chi connectivity index (χ1) is 14.2. The van der Waals surface area contributed by atoms with Crippen LogP contribution in [0.4, 0.5) is 0 Å². The summed E-state index contributed by atoms with van der Waals surface area (Å²) in [6.45, 7) is 0.189. The Balaban J connectivity index is 1.61.